The fraction of sp³-hybridized carbons (Fsp3) is 0.778. The minimum absolute atomic E-state index is 0.0706. The quantitative estimate of drug-likeness (QED) is 0.572. The Morgan fingerprint density at radius 1 is 0.818 bits per heavy atom. The van der Waals surface area contributed by atoms with Crippen molar-refractivity contribution in [1.82, 2.24) is 0 Å². The first-order chi connectivity index (χ1) is 5.29. The summed E-state index contributed by atoms with van der Waals surface area (Å²) in [5.41, 5.74) is 0. The number of carbonyl (C=O) groups is 2. The summed E-state index contributed by atoms with van der Waals surface area (Å²) >= 11 is 0. The maximum absolute atomic E-state index is 11.3. The second-order valence-electron chi connectivity index (χ2n) is 3.63. The van der Waals surface area contributed by atoms with E-state index in [0.29, 0.717) is 0 Å². The van der Waals surface area contributed by atoms with Crippen LogP contribution in [0.1, 0.15) is 32.1 Å². The summed E-state index contributed by atoms with van der Waals surface area (Å²) in [6.45, 7) is 0. The van der Waals surface area contributed by atoms with E-state index in [1.807, 2.05) is 0 Å². The molecule has 2 heteroatoms. The molecule has 0 saturated heterocycles. The standard InChI is InChI=1S/C9H12O2/c10-8(6-2-1-3-6)9(11)7-4-5-7/h6-7H,1-5H2. The van der Waals surface area contributed by atoms with Crippen LogP contribution in [0.2, 0.25) is 0 Å². The lowest BCUT2D eigenvalue weighted by Gasteiger charge is -2.22. The average molecular weight is 152 g/mol. The Bertz CT molecular complexity index is 200. The van der Waals surface area contributed by atoms with Gasteiger partial charge < -0.3 is 0 Å². The van der Waals surface area contributed by atoms with Gasteiger partial charge in [0.1, 0.15) is 0 Å². The van der Waals surface area contributed by atoms with Crippen molar-refractivity contribution in [1.29, 1.82) is 0 Å². The molecule has 0 atom stereocenters. The smallest absolute Gasteiger partial charge is 0.201 e. The minimum atomic E-state index is -0.0744. The summed E-state index contributed by atoms with van der Waals surface area (Å²) in [4.78, 5) is 22.4. The van der Waals surface area contributed by atoms with Crippen molar-refractivity contribution in [2.75, 3.05) is 0 Å². The van der Waals surface area contributed by atoms with E-state index >= 15 is 0 Å². The molecule has 11 heavy (non-hydrogen) atoms. The van der Waals surface area contributed by atoms with E-state index in [1.54, 1.807) is 0 Å². The molecule has 0 spiro atoms. The number of hydrogen-bond acceptors (Lipinski definition) is 2. The van der Waals surface area contributed by atoms with Gasteiger partial charge in [0.2, 0.25) is 11.6 Å². The first-order valence-corrected chi connectivity index (χ1v) is 4.37. The topological polar surface area (TPSA) is 34.1 Å². The molecule has 0 aromatic heterocycles. The summed E-state index contributed by atoms with van der Waals surface area (Å²) in [5, 5.41) is 0. The van der Waals surface area contributed by atoms with Gasteiger partial charge >= 0.3 is 0 Å². The van der Waals surface area contributed by atoms with Crippen molar-refractivity contribution in [2.24, 2.45) is 11.8 Å². The molecule has 0 bridgehead atoms. The van der Waals surface area contributed by atoms with Gasteiger partial charge in [-0.1, -0.05) is 6.42 Å². The Morgan fingerprint density at radius 2 is 1.27 bits per heavy atom. The van der Waals surface area contributed by atoms with Crippen molar-refractivity contribution in [3.63, 3.8) is 0 Å². The lowest BCUT2D eigenvalue weighted by molar-refractivity contribution is -0.141. The Morgan fingerprint density at radius 3 is 1.55 bits per heavy atom. The summed E-state index contributed by atoms with van der Waals surface area (Å²) in [6.07, 6.45) is 4.96. The number of hydrogen-bond donors (Lipinski definition) is 0. The zero-order chi connectivity index (χ0) is 7.84. The normalized spacial score (nSPS) is 24.4. The van der Waals surface area contributed by atoms with Gasteiger partial charge in [-0.05, 0) is 25.7 Å². The van der Waals surface area contributed by atoms with E-state index in [0.717, 1.165) is 32.1 Å². The van der Waals surface area contributed by atoms with Crippen LogP contribution in [0, 0.1) is 11.8 Å². The van der Waals surface area contributed by atoms with Crippen molar-refractivity contribution < 1.29 is 9.59 Å². The Kier molecular flexibility index (Phi) is 1.55. The van der Waals surface area contributed by atoms with Gasteiger partial charge in [-0.15, -0.1) is 0 Å². The fourth-order valence-corrected chi connectivity index (χ4v) is 1.42. The molecule has 60 valence electrons. The molecule has 2 saturated carbocycles. The van der Waals surface area contributed by atoms with Gasteiger partial charge in [-0.3, -0.25) is 9.59 Å². The van der Waals surface area contributed by atoms with E-state index < -0.39 is 0 Å². The Hall–Kier alpha value is -0.660. The highest BCUT2D eigenvalue weighted by molar-refractivity contribution is 6.39. The summed E-state index contributed by atoms with van der Waals surface area (Å²) in [6, 6.07) is 0. The average Bonchev–Trinajstić information content (AvgIpc) is 2.62. The zero-order valence-electron chi connectivity index (χ0n) is 6.51. The van der Waals surface area contributed by atoms with E-state index in [1.165, 1.54) is 0 Å². The molecule has 2 aliphatic rings. The van der Waals surface area contributed by atoms with Gasteiger partial charge in [0.05, 0.1) is 0 Å². The maximum Gasteiger partial charge on any atom is 0.201 e. The molecule has 0 unspecified atom stereocenters. The number of carbonyl (C=O) groups excluding carboxylic acids is 2. The van der Waals surface area contributed by atoms with Gasteiger partial charge in [0.15, 0.2) is 0 Å². The predicted octanol–water partition coefficient (Wildman–Crippen LogP) is 1.33. The van der Waals surface area contributed by atoms with E-state index in [9.17, 15) is 9.59 Å². The minimum Gasteiger partial charge on any atom is -0.291 e. The number of rotatable bonds is 3. The third-order valence-electron chi connectivity index (χ3n) is 2.67. The third-order valence-corrected chi connectivity index (χ3v) is 2.67. The van der Waals surface area contributed by atoms with Crippen molar-refractivity contribution >= 4 is 11.6 Å². The first-order valence-electron chi connectivity index (χ1n) is 4.37. The van der Waals surface area contributed by atoms with Crippen LogP contribution in [0.3, 0.4) is 0 Å². The van der Waals surface area contributed by atoms with E-state index in [-0.39, 0.29) is 23.4 Å². The number of ketones is 2. The van der Waals surface area contributed by atoms with Crippen LogP contribution in [-0.4, -0.2) is 11.6 Å². The monoisotopic (exact) mass is 152 g/mol. The van der Waals surface area contributed by atoms with Gasteiger partial charge in [0, 0.05) is 11.8 Å². The van der Waals surface area contributed by atoms with Crippen LogP contribution in [0.25, 0.3) is 0 Å². The second-order valence-corrected chi connectivity index (χ2v) is 3.63. The highest BCUT2D eigenvalue weighted by Gasteiger charge is 2.38. The maximum atomic E-state index is 11.3. The van der Waals surface area contributed by atoms with Gasteiger partial charge in [0.25, 0.3) is 0 Å². The Balaban J connectivity index is 1.91. The zero-order valence-corrected chi connectivity index (χ0v) is 6.51. The van der Waals surface area contributed by atoms with Crippen LogP contribution < -0.4 is 0 Å². The SMILES string of the molecule is O=C(C(=O)C1CC1)C1CCC1. The Labute approximate surface area is 66.0 Å². The molecule has 2 fully saturated rings. The van der Waals surface area contributed by atoms with Crippen molar-refractivity contribution in [3.8, 4) is 0 Å². The van der Waals surface area contributed by atoms with Crippen LogP contribution in [0.15, 0.2) is 0 Å². The summed E-state index contributed by atoms with van der Waals surface area (Å²) in [5.74, 6) is 0.0969. The number of Topliss-reactive ketones (excluding diaryl/α,β-unsaturated/α-hetero) is 2. The van der Waals surface area contributed by atoms with Crippen molar-refractivity contribution in [2.45, 2.75) is 32.1 Å². The molecule has 0 amide bonds. The highest BCUT2D eigenvalue weighted by atomic mass is 16.2. The fourth-order valence-electron chi connectivity index (χ4n) is 1.42. The summed E-state index contributed by atoms with van der Waals surface area (Å²) < 4.78 is 0. The van der Waals surface area contributed by atoms with Crippen LogP contribution in [-0.2, 0) is 9.59 Å². The van der Waals surface area contributed by atoms with E-state index in [4.69, 9.17) is 0 Å². The molecule has 2 nitrogen and oxygen atoms in total. The molecule has 2 aliphatic carbocycles. The molecule has 0 aromatic carbocycles. The molecular formula is C9H12O2. The molecule has 2 rings (SSSR count). The lowest BCUT2D eigenvalue weighted by Crippen LogP contribution is -2.29. The highest BCUT2D eigenvalue weighted by Crippen LogP contribution is 2.34. The van der Waals surface area contributed by atoms with Crippen LogP contribution in [0.4, 0.5) is 0 Å². The predicted molar refractivity (Wildman–Crippen MR) is 40.1 cm³/mol. The molecule has 0 heterocycles. The largest absolute Gasteiger partial charge is 0.291 e. The molecule has 0 radical (unpaired) electrons. The molecule has 0 N–H and O–H groups in total. The van der Waals surface area contributed by atoms with E-state index in [2.05, 4.69) is 0 Å². The third kappa shape index (κ3) is 1.22. The van der Waals surface area contributed by atoms with Gasteiger partial charge in [-0.25, -0.2) is 0 Å². The second kappa shape index (κ2) is 2.43. The molecular weight excluding hydrogens is 140 g/mol. The lowest BCUT2D eigenvalue weighted by atomic mass is 9.80. The summed E-state index contributed by atoms with van der Waals surface area (Å²) in [7, 11) is 0. The van der Waals surface area contributed by atoms with Crippen molar-refractivity contribution in [3.05, 3.63) is 0 Å². The van der Waals surface area contributed by atoms with Gasteiger partial charge in [-0.2, -0.15) is 0 Å². The van der Waals surface area contributed by atoms with Crippen LogP contribution in [0.5, 0.6) is 0 Å². The molecule has 0 aliphatic heterocycles. The molecule has 0 aromatic rings. The van der Waals surface area contributed by atoms with Crippen LogP contribution >= 0.6 is 0 Å². The first kappa shape index (κ1) is 7.01.